The maximum absolute atomic E-state index is 5.97. The van der Waals surface area contributed by atoms with E-state index in [2.05, 4.69) is 74.2 Å². The quantitative estimate of drug-likeness (QED) is 0.379. The van der Waals surface area contributed by atoms with Gasteiger partial charge in [-0.3, -0.25) is 4.98 Å². The molecule has 5 rings (SSSR count). The minimum Gasteiger partial charge on any atom is -0.495 e. The highest BCUT2D eigenvalue weighted by Gasteiger charge is 2.22. The van der Waals surface area contributed by atoms with Crippen LogP contribution in [-0.4, -0.2) is 37.4 Å². The van der Waals surface area contributed by atoms with Crippen molar-refractivity contribution >= 4 is 22.3 Å². The number of benzene rings is 3. The highest BCUT2D eigenvalue weighted by molar-refractivity contribution is 6.01. The summed E-state index contributed by atoms with van der Waals surface area (Å²) in [5.41, 5.74) is 14.3. The Labute approximate surface area is 201 Å². The molecule has 2 atom stereocenters. The Bertz CT molecular complexity index is 1320. The van der Waals surface area contributed by atoms with Crippen LogP contribution < -0.4 is 15.4 Å². The van der Waals surface area contributed by atoms with E-state index in [0.717, 1.165) is 63.2 Å². The van der Waals surface area contributed by atoms with Crippen LogP contribution in [0.3, 0.4) is 0 Å². The first-order valence-corrected chi connectivity index (χ1v) is 11.8. The van der Waals surface area contributed by atoms with Crippen molar-refractivity contribution in [3.05, 3.63) is 72.4 Å². The highest BCUT2D eigenvalue weighted by atomic mass is 16.5. The normalized spacial score (nSPS) is 18.3. The minimum atomic E-state index is 0.229. The lowest BCUT2D eigenvalue weighted by Crippen LogP contribution is -2.45. The van der Waals surface area contributed by atoms with E-state index in [0.29, 0.717) is 0 Å². The Morgan fingerprint density at radius 3 is 2.35 bits per heavy atom. The molecule has 1 aliphatic heterocycles. The van der Waals surface area contributed by atoms with Crippen LogP contribution in [0.25, 0.3) is 33.2 Å². The van der Waals surface area contributed by atoms with Crippen LogP contribution in [0.5, 0.6) is 5.75 Å². The average molecular weight is 454 g/mol. The summed E-state index contributed by atoms with van der Waals surface area (Å²) < 4.78 is 11.8. The van der Waals surface area contributed by atoms with Crippen LogP contribution in [0, 0.1) is 6.92 Å². The van der Waals surface area contributed by atoms with Gasteiger partial charge in [0.2, 0.25) is 0 Å². The molecular formula is C29H31N3O2. The Balaban J connectivity index is 1.55. The number of anilines is 2. The van der Waals surface area contributed by atoms with Crippen molar-refractivity contribution in [1.29, 1.82) is 0 Å². The van der Waals surface area contributed by atoms with E-state index in [4.69, 9.17) is 20.2 Å². The number of aromatic nitrogens is 1. The van der Waals surface area contributed by atoms with Gasteiger partial charge < -0.3 is 20.1 Å². The van der Waals surface area contributed by atoms with Gasteiger partial charge in [-0.15, -0.1) is 0 Å². The van der Waals surface area contributed by atoms with Gasteiger partial charge >= 0.3 is 0 Å². The van der Waals surface area contributed by atoms with E-state index in [-0.39, 0.29) is 12.2 Å². The molecule has 5 nitrogen and oxygen atoms in total. The van der Waals surface area contributed by atoms with Crippen molar-refractivity contribution in [2.24, 2.45) is 0 Å². The van der Waals surface area contributed by atoms with Gasteiger partial charge in [-0.25, -0.2) is 0 Å². The second kappa shape index (κ2) is 8.99. The average Bonchev–Trinajstić information content (AvgIpc) is 2.82. The molecule has 2 heterocycles. The van der Waals surface area contributed by atoms with Crippen molar-refractivity contribution < 1.29 is 9.47 Å². The van der Waals surface area contributed by atoms with Crippen molar-refractivity contribution in [3.8, 4) is 28.0 Å². The molecule has 1 unspecified atom stereocenters. The van der Waals surface area contributed by atoms with Crippen molar-refractivity contribution in [2.75, 3.05) is 30.8 Å². The number of pyridine rings is 1. The summed E-state index contributed by atoms with van der Waals surface area (Å²) in [6, 6.07) is 20.9. The van der Waals surface area contributed by atoms with Gasteiger partial charge in [-0.05, 0) is 67.8 Å². The monoisotopic (exact) mass is 453 g/mol. The predicted octanol–water partition coefficient (Wildman–Crippen LogP) is 6.08. The number of methoxy groups -OCH3 is 1. The predicted molar refractivity (Wildman–Crippen MR) is 141 cm³/mol. The lowest BCUT2D eigenvalue weighted by molar-refractivity contribution is -0.00521. The summed E-state index contributed by atoms with van der Waals surface area (Å²) in [6.45, 7) is 8.13. The van der Waals surface area contributed by atoms with Gasteiger partial charge in [0.05, 0.1) is 24.8 Å². The second-order valence-corrected chi connectivity index (χ2v) is 9.19. The fourth-order valence-electron chi connectivity index (χ4n) is 5.07. The van der Waals surface area contributed by atoms with E-state index in [9.17, 15) is 0 Å². The third-order valence-electron chi connectivity index (χ3n) is 6.56. The maximum atomic E-state index is 5.97. The molecule has 1 aliphatic rings. The molecule has 0 spiro atoms. The SMILES string of the molecule is COc1c(-c2ccc(N3CC(C)O[C@@H](C)C3)cc2)cnc2c(-c3ccc(N)cc3C)cccc12. The molecule has 5 heteroatoms. The van der Waals surface area contributed by atoms with Crippen LogP contribution in [0.2, 0.25) is 0 Å². The molecule has 34 heavy (non-hydrogen) atoms. The molecule has 0 amide bonds. The number of ether oxygens (including phenoxy) is 2. The Morgan fingerprint density at radius 2 is 1.68 bits per heavy atom. The Hall–Kier alpha value is -3.57. The van der Waals surface area contributed by atoms with Gasteiger partial charge in [-0.2, -0.15) is 0 Å². The Morgan fingerprint density at radius 1 is 0.941 bits per heavy atom. The fraction of sp³-hybridized carbons (Fsp3) is 0.276. The van der Waals surface area contributed by atoms with Gasteiger partial charge in [0.25, 0.3) is 0 Å². The number of nitrogens with zero attached hydrogens (tertiary/aromatic N) is 2. The van der Waals surface area contributed by atoms with Gasteiger partial charge in [-0.1, -0.05) is 30.3 Å². The summed E-state index contributed by atoms with van der Waals surface area (Å²) in [6.07, 6.45) is 2.38. The number of fused-ring (bicyclic) bond motifs is 1. The number of rotatable bonds is 4. The third kappa shape index (κ3) is 4.08. The van der Waals surface area contributed by atoms with E-state index in [1.807, 2.05) is 18.3 Å². The van der Waals surface area contributed by atoms with E-state index < -0.39 is 0 Å². The van der Waals surface area contributed by atoms with Crippen molar-refractivity contribution in [3.63, 3.8) is 0 Å². The summed E-state index contributed by atoms with van der Waals surface area (Å²) in [4.78, 5) is 7.29. The van der Waals surface area contributed by atoms with Gasteiger partial charge in [0.1, 0.15) is 5.75 Å². The largest absolute Gasteiger partial charge is 0.495 e. The molecule has 4 aromatic rings. The Kier molecular flexibility index (Phi) is 5.88. The lowest BCUT2D eigenvalue weighted by atomic mass is 9.95. The molecule has 3 aromatic carbocycles. The zero-order chi connectivity index (χ0) is 23.8. The minimum absolute atomic E-state index is 0.229. The van der Waals surface area contributed by atoms with E-state index in [1.54, 1.807) is 7.11 Å². The first-order valence-electron chi connectivity index (χ1n) is 11.8. The third-order valence-corrected chi connectivity index (χ3v) is 6.56. The molecular weight excluding hydrogens is 422 g/mol. The number of nitrogen functional groups attached to an aromatic ring is 1. The van der Waals surface area contributed by atoms with Gasteiger partial charge in [0.15, 0.2) is 0 Å². The zero-order valence-electron chi connectivity index (χ0n) is 20.2. The topological polar surface area (TPSA) is 60.6 Å². The summed E-state index contributed by atoms with van der Waals surface area (Å²) >= 11 is 0. The lowest BCUT2D eigenvalue weighted by Gasteiger charge is -2.36. The van der Waals surface area contributed by atoms with Crippen LogP contribution in [0.4, 0.5) is 11.4 Å². The molecule has 1 saturated heterocycles. The molecule has 2 N–H and O–H groups in total. The number of hydrogen-bond donors (Lipinski definition) is 1. The smallest absolute Gasteiger partial charge is 0.137 e. The second-order valence-electron chi connectivity index (χ2n) is 9.19. The maximum Gasteiger partial charge on any atom is 0.137 e. The molecule has 174 valence electrons. The van der Waals surface area contributed by atoms with E-state index in [1.165, 1.54) is 5.69 Å². The summed E-state index contributed by atoms with van der Waals surface area (Å²) in [5.74, 6) is 0.835. The first-order chi connectivity index (χ1) is 16.4. The highest BCUT2D eigenvalue weighted by Crippen LogP contribution is 2.40. The fourth-order valence-corrected chi connectivity index (χ4v) is 5.07. The van der Waals surface area contributed by atoms with Crippen LogP contribution in [0.1, 0.15) is 19.4 Å². The molecule has 0 radical (unpaired) electrons. The number of hydrogen-bond acceptors (Lipinski definition) is 5. The van der Waals surface area contributed by atoms with Gasteiger partial charge in [0, 0.05) is 47.2 Å². The zero-order valence-corrected chi connectivity index (χ0v) is 20.2. The van der Waals surface area contributed by atoms with Crippen LogP contribution in [-0.2, 0) is 4.74 Å². The van der Waals surface area contributed by atoms with Crippen LogP contribution >= 0.6 is 0 Å². The summed E-state index contributed by atoms with van der Waals surface area (Å²) in [5, 5.41) is 0.994. The number of aryl methyl sites for hydroxylation is 1. The molecule has 0 aliphatic carbocycles. The van der Waals surface area contributed by atoms with Crippen molar-refractivity contribution in [2.45, 2.75) is 33.0 Å². The summed E-state index contributed by atoms with van der Waals surface area (Å²) in [7, 11) is 1.73. The number of para-hydroxylation sites is 1. The number of nitrogens with two attached hydrogens (primary N) is 1. The van der Waals surface area contributed by atoms with Crippen LogP contribution in [0.15, 0.2) is 66.9 Å². The van der Waals surface area contributed by atoms with Crippen molar-refractivity contribution in [1.82, 2.24) is 4.98 Å². The molecule has 1 fully saturated rings. The molecule has 1 aromatic heterocycles. The standard InChI is InChI=1S/C29H31N3O2/c1-18-14-22(30)10-13-24(18)25-6-5-7-26-28(25)31-15-27(29(26)33-4)21-8-11-23(12-9-21)32-16-19(2)34-20(3)17-32/h5-15,19-20H,16-17,30H2,1-4H3/t19-,20?/m0/s1. The first kappa shape index (κ1) is 22.2. The molecule has 0 bridgehead atoms. The molecule has 0 saturated carbocycles. The number of morpholine rings is 1. The van der Waals surface area contributed by atoms with E-state index >= 15 is 0 Å².